The third-order valence-electron chi connectivity index (χ3n) is 4.77. The monoisotopic (exact) mass is 438 g/mol. The fourth-order valence-electron chi connectivity index (χ4n) is 3.01. The van der Waals surface area contributed by atoms with Crippen molar-refractivity contribution in [2.45, 2.75) is 37.3 Å². The molecule has 0 bridgehead atoms. The van der Waals surface area contributed by atoms with Gasteiger partial charge in [-0.2, -0.15) is 13.2 Å². The molecule has 1 heterocycles. The van der Waals surface area contributed by atoms with Gasteiger partial charge in [-0.1, -0.05) is 61.5 Å². The smallest absolute Gasteiger partial charge is 0.351 e. The number of halogens is 3. The zero-order chi connectivity index (χ0) is 21.9. The molecule has 3 rings (SSSR count). The number of alkyl halides is 3. The molecule has 1 N–H and O–H groups in total. The van der Waals surface area contributed by atoms with E-state index < -0.39 is 22.0 Å². The van der Waals surface area contributed by atoms with Crippen molar-refractivity contribution in [3.63, 3.8) is 0 Å². The maximum Gasteiger partial charge on any atom is 0.452 e. The number of sulfonamides is 1. The van der Waals surface area contributed by atoms with E-state index in [1.54, 1.807) is 13.0 Å². The van der Waals surface area contributed by atoms with Crippen molar-refractivity contribution >= 4 is 10.0 Å². The van der Waals surface area contributed by atoms with Gasteiger partial charge in [0.25, 0.3) is 0 Å². The van der Waals surface area contributed by atoms with E-state index in [0.717, 1.165) is 11.6 Å². The van der Waals surface area contributed by atoms with Crippen molar-refractivity contribution in [1.82, 2.24) is 9.88 Å². The lowest BCUT2D eigenvalue weighted by atomic mass is 10.0. The number of nitrogens with zero attached hydrogens (tertiary/aromatic N) is 1. The number of hydrogen-bond donors (Lipinski definition) is 1. The molecule has 0 amide bonds. The molecule has 5 nitrogen and oxygen atoms in total. The molecule has 30 heavy (non-hydrogen) atoms. The van der Waals surface area contributed by atoms with Crippen LogP contribution in [0.1, 0.15) is 36.7 Å². The van der Waals surface area contributed by atoms with Gasteiger partial charge in [0, 0.05) is 18.2 Å². The molecule has 1 aromatic heterocycles. The van der Waals surface area contributed by atoms with Crippen LogP contribution in [0.3, 0.4) is 0 Å². The van der Waals surface area contributed by atoms with Crippen LogP contribution in [0.2, 0.25) is 0 Å². The van der Waals surface area contributed by atoms with Crippen molar-refractivity contribution in [2.75, 3.05) is 6.54 Å². The third-order valence-corrected chi connectivity index (χ3v) is 6.28. The Morgan fingerprint density at radius 1 is 1.10 bits per heavy atom. The molecule has 0 saturated carbocycles. The predicted molar refractivity (Wildman–Crippen MR) is 106 cm³/mol. The van der Waals surface area contributed by atoms with Crippen molar-refractivity contribution in [1.29, 1.82) is 0 Å². The van der Waals surface area contributed by atoms with E-state index in [1.165, 1.54) is 12.1 Å². The van der Waals surface area contributed by atoms with Gasteiger partial charge in [0.1, 0.15) is 5.69 Å². The summed E-state index contributed by atoms with van der Waals surface area (Å²) in [6.45, 7) is 3.89. The van der Waals surface area contributed by atoms with E-state index in [0.29, 0.717) is 12.0 Å². The molecule has 160 valence electrons. The molecule has 0 aliphatic carbocycles. The van der Waals surface area contributed by atoms with Crippen LogP contribution in [0.4, 0.5) is 13.2 Å². The quantitative estimate of drug-likeness (QED) is 0.563. The van der Waals surface area contributed by atoms with E-state index in [1.807, 2.05) is 37.3 Å². The maximum absolute atomic E-state index is 13.0. The Morgan fingerprint density at radius 2 is 1.80 bits per heavy atom. The predicted octanol–water partition coefficient (Wildman–Crippen LogP) is 5.00. The fraction of sp³-hybridized carbons (Fsp3) is 0.286. The van der Waals surface area contributed by atoms with Gasteiger partial charge in [0.2, 0.25) is 15.8 Å². The number of aryl methyl sites for hydroxylation is 1. The van der Waals surface area contributed by atoms with Crippen LogP contribution in [0.5, 0.6) is 0 Å². The van der Waals surface area contributed by atoms with Gasteiger partial charge in [-0.15, -0.1) is 0 Å². The van der Waals surface area contributed by atoms with Crippen LogP contribution in [0.15, 0.2) is 64.0 Å². The second kappa shape index (κ2) is 8.61. The van der Waals surface area contributed by atoms with Crippen molar-refractivity contribution in [2.24, 2.45) is 0 Å². The van der Waals surface area contributed by atoms with E-state index in [-0.39, 0.29) is 28.6 Å². The third kappa shape index (κ3) is 4.91. The Morgan fingerprint density at radius 3 is 2.40 bits per heavy atom. The summed E-state index contributed by atoms with van der Waals surface area (Å²) in [4.78, 5) is 0.0133. The summed E-state index contributed by atoms with van der Waals surface area (Å²) in [5.74, 6) is -1.30. The molecule has 0 aliphatic heterocycles. The Hall–Kier alpha value is -2.65. The summed E-state index contributed by atoms with van der Waals surface area (Å²) < 4.78 is 71.2. The standard InChI is InChI=1S/C21H21F3N2O3S/c1-3-15-9-10-17(18-12-20(29-26-18)21(22,23)24)11-19(15)30(27,28)25-13-14(2)16-7-5-4-6-8-16/h4-12,14,25H,3,13H2,1-2H3/t14-/m0/s1. The van der Waals surface area contributed by atoms with Crippen LogP contribution >= 0.6 is 0 Å². The number of aromatic nitrogens is 1. The van der Waals surface area contributed by atoms with Gasteiger partial charge in [0.15, 0.2) is 0 Å². The molecule has 0 spiro atoms. The topological polar surface area (TPSA) is 72.2 Å². The summed E-state index contributed by atoms with van der Waals surface area (Å²) in [6.07, 6.45) is -4.23. The molecule has 9 heteroatoms. The number of hydrogen-bond acceptors (Lipinski definition) is 4. The lowest BCUT2D eigenvalue weighted by Crippen LogP contribution is -2.28. The molecule has 2 aromatic carbocycles. The SMILES string of the molecule is CCc1ccc(-c2cc(C(F)(F)F)on2)cc1S(=O)(=O)NC[C@H](C)c1ccccc1. The molecule has 0 aliphatic rings. The van der Waals surface area contributed by atoms with E-state index >= 15 is 0 Å². The molecule has 0 radical (unpaired) electrons. The lowest BCUT2D eigenvalue weighted by molar-refractivity contribution is -0.155. The van der Waals surface area contributed by atoms with Gasteiger partial charge in [-0.05, 0) is 29.5 Å². The molecule has 0 fully saturated rings. The van der Waals surface area contributed by atoms with Gasteiger partial charge >= 0.3 is 6.18 Å². The minimum Gasteiger partial charge on any atom is -0.351 e. The zero-order valence-electron chi connectivity index (χ0n) is 16.4. The molecule has 1 atom stereocenters. The van der Waals surface area contributed by atoms with E-state index in [2.05, 4.69) is 14.4 Å². The van der Waals surface area contributed by atoms with Crippen molar-refractivity contribution in [3.05, 3.63) is 71.5 Å². The van der Waals surface area contributed by atoms with Crippen LogP contribution < -0.4 is 4.72 Å². The van der Waals surface area contributed by atoms with Crippen molar-refractivity contribution in [3.8, 4) is 11.3 Å². The second-order valence-corrected chi connectivity index (χ2v) is 8.65. The average molecular weight is 438 g/mol. The van der Waals surface area contributed by atoms with Gasteiger partial charge in [-0.25, -0.2) is 13.1 Å². The van der Waals surface area contributed by atoms with E-state index in [9.17, 15) is 21.6 Å². The van der Waals surface area contributed by atoms with Crippen LogP contribution in [0, 0.1) is 0 Å². The van der Waals surface area contributed by atoms with Crippen LogP contribution in [0.25, 0.3) is 11.3 Å². The fourth-order valence-corrected chi connectivity index (χ4v) is 4.48. The second-order valence-electron chi connectivity index (χ2n) is 6.91. The van der Waals surface area contributed by atoms with Crippen LogP contribution in [-0.4, -0.2) is 20.1 Å². The van der Waals surface area contributed by atoms with Gasteiger partial charge < -0.3 is 4.52 Å². The highest BCUT2D eigenvalue weighted by Gasteiger charge is 2.36. The van der Waals surface area contributed by atoms with Gasteiger partial charge in [-0.3, -0.25) is 0 Å². The summed E-state index contributed by atoms with van der Waals surface area (Å²) in [5, 5.41) is 3.44. The first-order valence-electron chi connectivity index (χ1n) is 9.33. The molecule has 0 saturated heterocycles. The first-order chi connectivity index (χ1) is 14.1. The summed E-state index contributed by atoms with van der Waals surface area (Å²) in [7, 11) is -3.89. The Labute approximate surface area is 173 Å². The van der Waals surface area contributed by atoms with Crippen molar-refractivity contribution < 1.29 is 26.1 Å². The Kier molecular flexibility index (Phi) is 6.33. The minimum absolute atomic E-state index is 0.0133. The first-order valence-corrected chi connectivity index (χ1v) is 10.8. The van der Waals surface area contributed by atoms with E-state index in [4.69, 9.17) is 0 Å². The maximum atomic E-state index is 13.0. The highest BCUT2D eigenvalue weighted by molar-refractivity contribution is 7.89. The van der Waals surface area contributed by atoms with Gasteiger partial charge in [0.05, 0.1) is 4.90 Å². The molecular formula is C21H21F3N2O3S. The summed E-state index contributed by atoms with van der Waals surface area (Å²) in [6, 6.07) is 14.7. The largest absolute Gasteiger partial charge is 0.452 e. The highest BCUT2D eigenvalue weighted by Crippen LogP contribution is 2.33. The summed E-state index contributed by atoms with van der Waals surface area (Å²) >= 11 is 0. The number of nitrogens with one attached hydrogen (secondary N) is 1. The number of rotatable bonds is 7. The lowest BCUT2D eigenvalue weighted by Gasteiger charge is -2.15. The molecular weight excluding hydrogens is 417 g/mol. The highest BCUT2D eigenvalue weighted by atomic mass is 32.2. The summed E-state index contributed by atoms with van der Waals surface area (Å²) in [5.41, 5.74) is 1.69. The average Bonchev–Trinajstić information content (AvgIpc) is 3.23. The number of benzene rings is 2. The molecule has 3 aromatic rings. The zero-order valence-corrected chi connectivity index (χ0v) is 17.2. The molecule has 0 unspecified atom stereocenters. The first kappa shape index (κ1) is 22.0. The Bertz CT molecular complexity index is 1110. The Balaban J connectivity index is 1.88. The minimum atomic E-state index is -4.67. The normalized spacial score (nSPS) is 13.4. The van der Waals surface area contributed by atoms with Crippen LogP contribution in [-0.2, 0) is 22.6 Å².